The van der Waals surface area contributed by atoms with E-state index < -0.39 is 0 Å². The molecule has 0 radical (unpaired) electrons. The van der Waals surface area contributed by atoms with Crippen molar-refractivity contribution in [3.8, 4) is 0 Å². The van der Waals surface area contributed by atoms with Gasteiger partial charge in [-0.05, 0) is 19.4 Å². The highest BCUT2D eigenvalue weighted by Gasteiger charge is 2.21. The quantitative estimate of drug-likeness (QED) is 0.438. The van der Waals surface area contributed by atoms with Crippen LogP contribution in [0.2, 0.25) is 0 Å². The Labute approximate surface area is 101 Å². The second kappa shape index (κ2) is 9.66. The molecule has 0 heterocycles. The van der Waals surface area contributed by atoms with Gasteiger partial charge in [-0.15, -0.1) is 0 Å². The van der Waals surface area contributed by atoms with Crippen LogP contribution in [0.4, 0.5) is 0 Å². The molecule has 0 bridgehead atoms. The summed E-state index contributed by atoms with van der Waals surface area (Å²) in [6, 6.07) is 0. The van der Waals surface area contributed by atoms with Crippen molar-refractivity contribution in [1.29, 1.82) is 0 Å². The second-order valence-corrected chi connectivity index (χ2v) is 5.29. The van der Waals surface area contributed by atoms with Crippen LogP contribution in [0, 0.1) is 6.57 Å². The molecule has 0 aromatic carbocycles. The lowest BCUT2D eigenvalue weighted by Crippen LogP contribution is -2.12. The fraction of sp³-hybridized carbons (Fsp3) is 0.929. The predicted octanol–water partition coefficient (Wildman–Crippen LogP) is 4.15. The van der Waals surface area contributed by atoms with Crippen molar-refractivity contribution in [2.24, 2.45) is 5.73 Å². The van der Waals surface area contributed by atoms with Crippen molar-refractivity contribution in [2.75, 3.05) is 6.54 Å². The average molecular weight is 224 g/mol. The molecule has 2 nitrogen and oxygen atoms in total. The monoisotopic (exact) mass is 224 g/mol. The Morgan fingerprint density at radius 2 is 1.31 bits per heavy atom. The highest BCUT2D eigenvalue weighted by molar-refractivity contribution is 4.88. The van der Waals surface area contributed by atoms with Gasteiger partial charge in [-0.3, -0.25) is 0 Å². The zero-order valence-electron chi connectivity index (χ0n) is 11.1. The molecule has 0 aromatic heterocycles. The van der Waals surface area contributed by atoms with Crippen LogP contribution in [0.3, 0.4) is 0 Å². The fourth-order valence-corrected chi connectivity index (χ4v) is 1.82. The lowest BCUT2D eigenvalue weighted by atomic mass is 9.97. The molecule has 0 aliphatic rings. The summed E-state index contributed by atoms with van der Waals surface area (Å²) in [5.74, 6) is 0. The Bertz CT molecular complexity index is 191. The SMILES string of the molecule is [C-]#[N+]C(C)(C)CCCCCCCCCCN. The third kappa shape index (κ3) is 9.98. The van der Waals surface area contributed by atoms with Crippen molar-refractivity contribution in [1.82, 2.24) is 0 Å². The normalized spacial score (nSPS) is 11.4. The molecule has 0 fully saturated rings. The van der Waals surface area contributed by atoms with Gasteiger partial charge in [-0.2, -0.15) is 0 Å². The van der Waals surface area contributed by atoms with Gasteiger partial charge in [0.25, 0.3) is 0 Å². The zero-order valence-corrected chi connectivity index (χ0v) is 11.1. The molecule has 94 valence electrons. The summed E-state index contributed by atoms with van der Waals surface area (Å²) in [5, 5.41) is 0. The third-order valence-electron chi connectivity index (χ3n) is 3.05. The molecule has 0 aromatic rings. The van der Waals surface area contributed by atoms with Gasteiger partial charge in [0.1, 0.15) is 0 Å². The smallest absolute Gasteiger partial charge is 0.227 e. The van der Waals surface area contributed by atoms with Crippen LogP contribution in [-0.4, -0.2) is 12.1 Å². The lowest BCUT2D eigenvalue weighted by molar-refractivity contribution is 0.493. The Kier molecular flexibility index (Phi) is 9.33. The van der Waals surface area contributed by atoms with Gasteiger partial charge < -0.3 is 10.6 Å². The van der Waals surface area contributed by atoms with Crippen LogP contribution in [0.25, 0.3) is 4.85 Å². The molecule has 0 spiro atoms. The largest absolute Gasteiger partial charge is 0.330 e. The van der Waals surface area contributed by atoms with Crippen LogP contribution in [0.15, 0.2) is 0 Å². The van der Waals surface area contributed by atoms with Gasteiger partial charge in [0.15, 0.2) is 0 Å². The molecule has 0 unspecified atom stereocenters. The van der Waals surface area contributed by atoms with Crippen molar-refractivity contribution < 1.29 is 0 Å². The van der Waals surface area contributed by atoms with E-state index in [0.29, 0.717) is 0 Å². The van der Waals surface area contributed by atoms with E-state index in [9.17, 15) is 0 Å². The number of nitrogens with zero attached hydrogens (tertiary/aromatic N) is 1. The molecule has 0 aliphatic carbocycles. The molecule has 0 saturated heterocycles. The van der Waals surface area contributed by atoms with Crippen LogP contribution in [0.1, 0.15) is 71.6 Å². The summed E-state index contributed by atoms with van der Waals surface area (Å²) in [5.41, 5.74) is 5.30. The number of unbranched alkanes of at least 4 members (excludes halogenated alkanes) is 7. The Balaban J connectivity index is 3.14. The average Bonchev–Trinajstić information content (AvgIpc) is 2.27. The first-order valence-corrected chi connectivity index (χ1v) is 6.71. The van der Waals surface area contributed by atoms with Gasteiger partial charge in [0.2, 0.25) is 5.54 Å². The Morgan fingerprint density at radius 3 is 1.75 bits per heavy atom. The Hall–Kier alpha value is -0.550. The van der Waals surface area contributed by atoms with Gasteiger partial charge in [0.05, 0.1) is 0 Å². The lowest BCUT2D eigenvalue weighted by Gasteiger charge is -2.10. The summed E-state index contributed by atoms with van der Waals surface area (Å²) in [6.07, 6.45) is 11.4. The van der Waals surface area contributed by atoms with E-state index in [0.717, 1.165) is 13.0 Å². The first-order valence-electron chi connectivity index (χ1n) is 6.71. The molecule has 0 amide bonds. The molecule has 2 N–H and O–H groups in total. The van der Waals surface area contributed by atoms with Crippen molar-refractivity contribution in [3.63, 3.8) is 0 Å². The minimum absolute atomic E-state index is 0.138. The number of rotatable bonds is 10. The first kappa shape index (κ1) is 15.4. The van der Waals surface area contributed by atoms with Crippen molar-refractivity contribution in [2.45, 2.75) is 77.2 Å². The Morgan fingerprint density at radius 1 is 0.875 bits per heavy atom. The summed E-state index contributed by atoms with van der Waals surface area (Å²) in [4.78, 5) is 3.63. The van der Waals surface area contributed by atoms with Crippen LogP contribution < -0.4 is 5.73 Å². The van der Waals surface area contributed by atoms with Crippen molar-refractivity contribution in [3.05, 3.63) is 11.4 Å². The summed E-state index contributed by atoms with van der Waals surface area (Å²) in [7, 11) is 0. The van der Waals surface area contributed by atoms with E-state index in [1.54, 1.807) is 0 Å². The van der Waals surface area contributed by atoms with Crippen molar-refractivity contribution >= 4 is 0 Å². The van der Waals surface area contributed by atoms with E-state index in [2.05, 4.69) is 4.85 Å². The molecule has 2 heteroatoms. The highest BCUT2D eigenvalue weighted by Crippen LogP contribution is 2.19. The van der Waals surface area contributed by atoms with E-state index in [-0.39, 0.29) is 5.54 Å². The van der Waals surface area contributed by atoms with Gasteiger partial charge in [0, 0.05) is 20.3 Å². The molecule has 16 heavy (non-hydrogen) atoms. The fourth-order valence-electron chi connectivity index (χ4n) is 1.82. The maximum absolute atomic E-state index is 7.03. The number of hydrogen-bond acceptors (Lipinski definition) is 1. The maximum Gasteiger partial charge on any atom is 0.227 e. The van der Waals surface area contributed by atoms with Crippen LogP contribution >= 0.6 is 0 Å². The highest BCUT2D eigenvalue weighted by atomic mass is 14.8. The first-order chi connectivity index (χ1) is 7.62. The minimum atomic E-state index is -0.138. The van der Waals surface area contributed by atoms with Gasteiger partial charge >= 0.3 is 0 Å². The molecule has 0 saturated carbocycles. The van der Waals surface area contributed by atoms with E-state index >= 15 is 0 Å². The third-order valence-corrected chi connectivity index (χ3v) is 3.05. The molecule has 0 aliphatic heterocycles. The van der Waals surface area contributed by atoms with Crippen LogP contribution in [-0.2, 0) is 0 Å². The molecule has 0 rings (SSSR count). The summed E-state index contributed by atoms with van der Waals surface area (Å²) >= 11 is 0. The molecular formula is C14H28N2. The number of nitrogens with two attached hydrogens (primary N) is 1. The standard InChI is InChI=1S/C14H28N2/c1-14(2,16-3)12-10-8-6-4-5-7-9-11-13-15/h4-13,15H2,1-2H3. The summed E-state index contributed by atoms with van der Waals surface area (Å²) < 4.78 is 0. The zero-order chi connectivity index (χ0) is 12.3. The van der Waals surface area contributed by atoms with E-state index in [1.807, 2.05) is 13.8 Å². The topological polar surface area (TPSA) is 30.4 Å². The van der Waals surface area contributed by atoms with E-state index in [1.165, 1.54) is 51.4 Å². The molecule has 0 atom stereocenters. The van der Waals surface area contributed by atoms with Gasteiger partial charge in [-0.25, -0.2) is 6.57 Å². The minimum Gasteiger partial charge on any atom is -0.330 e. The summed E-state index contributed by atoms with van der Waals surface area (Å²) in [6.45, 7) is 11.9. The number of hydrogen-bond donors (Lipinski definition) is 1. The van der Waals surface area contributed by atoms with Crippen LogP contribution in [0.5, 0.6) is 0 Å². The maximum atomic E-state index is 7.03. The van der Waals surface area contributed by atoms with E-state index in [4.69, 9.17) is 12.3 Å². The predicted molar refractivity (Wildman–Crippen MR) is 71.3 cm³/mol. The second-order valence-electron chi connectivity index (χ2n) is 5.29. The molecular weight excluding hydrogens is 196 g/mol. The van der Waals surface area contributed by atoms with Gasteiger partial charge in [-0.1, -0.05) is 38.5 Å².